The Hall–Kier alpha value is -0.230. The Bertz CT molecular complexity index is 164. The van der Waals surface area contributed by atoms with E-state index in [1.54, 1.807) is 0 Å². The summed E-state index contributed by atoms with van der Waals surface area (Å²) in [5.74, 6) is 0. The van der Waals surface area contributed by atoms with E-state index in [-0.39, 0.29) is 0 Å². The fourth-order valence-electron chi connectivity index (χ4n) is 0.696. The average molecular weight is 159 g/mol. The van der Waals surface area contributed by atoms with Crippen molar-refractivity contribution in [1.29, 1.82) is 0 Å². The van der Waals surface area contributed by atoms with Gasteiger partial charge in [0, 0.05) is 5.03 Å². The van der Waals surface area contributed by atoms with E-state index in [2.05, 4.69) is 26.8 Å². The molecule has 0 heterocycles. The molecule has 0 saturated heterocycles. The van der Waals surface area contributed by atoms with Gasteiger partial charge in [-0.05, 0) is 32.8 Å². The van der Waals surface area contributed by atoms with Crippen LogP contribution in [0, 0.1) is 0 Å². The molecular weight excluding hydrogens is 144 g/mol. The summed E-state index contributed by atoms with van der Waals surface area (Å²) < 4.78 is 0. The van der Waals surface area contributed by atoms with Crippen molar-refractivity contribution in [2.24, 2.45) is 0 Å². The highest BCUT2D eigenvalue weighted by Gasteiger charge is 1.96. The zero-order valence-corrected chi connectivity index (χ0v) is 7.92. The third-order valence-corrected chi connectivity index (χ3v) is 2.29. The molecule has 0 N–H and O–H groups in total. The summed E-state index contributed by atoms with van der Waals surface area (Å²) in [6.45, 7) is 8.22. The van der Waals surface area contributed by atoms with Crippen LogP contribution >= 0.6 is 11.6 Å². The molecule has 0 atom stereocenters. The zero-order valence-electron chi connectivity index (χ0n) is 7.16. The highest BCUT2D eigenvalue weighted by Crippen LogP contribution is 2.19. The van der Waals surface area contributed by atoms with Crippen LogP contribution in [0.2, 0.25) is 0 Å². The van der Waals surface area contributed by atoms with E-state index in [0.29, 0.717) is 0 Å². The summed E-state index contributed by atoms with van der Waals surface area (Å²) in [5.41, 5.74) is 2.48. The van der Waals surface area contributed by atoms with Crippen LogP contribution in [0.5, 0.6) is 0 Å². The minimum Gasteiger partial charge on any atom is -0.0889 e. The molecular formula is C9H15Cl. The first kappa shape index (κ1) is 9.77. The monoisotopic (exact) mass is 158 g/mol. The lowest BCUT2D eigenvalue weighted by Gasteiger charge is -2.02. The quantitative estimate of drug-likeness (QED) is 0.536. The van der Waals surface area contributed by atoms with Gasteiger partial charge in [-0.15, -0.1) is 0 Å². The van der Waals surface area contributed by atoms with Crippen molar-refractivity contribution in [1.82, 2.24) is 0 Å². The van der Waals surface area contributed by atoms with Gasteiger partial charge in [0.25, 0.3) is 0 Å². The van der Waals surface area contributed by atoms with Gasteiger partial charge in [-0.3, -0.25) is 0 Å². The molecule has 0 bridgehead atoms. The SMILES string of the molecule is CC=C(C)/C(C)=C(/Cl)CC. The molecule has 0 fully saturated rings. The minimum absolute atomic E-state index is 0.929. The first-order valence-electron chi connectivity index (χ1n) is 3.62. The smallest absolute Gasteiger partial charge is 0.0209 e. The van der Waals surface area contributed by atoms with Gasteiger partial charge < -0.3 is 0 Å². The molecule has 0 aromatic heterocycles. The largest absolute Gasteiger partial charge is 0.0889 e. The molecule has 10 heavy (non-hydrogen) atoms. The van der Waals surface area contributed by atoms with Gasteiger partial charge in [0.05, 0.1) is 0 Å². The van der Waals surface area contributed by atoms with E-state index in [1.807, 2.05) is 6.92 Å². The lowest BCUT2D eigenvalue weighted by Crippen LogP contribution is -1.81. The van der Waals surface area contributed by atoms with Crippen LogP contribution in [-0.4, -0.2) is 0 Å². The van der Waals surface area contributed by atoms with E-state index >= 15 is 0 Å². The molecule has 0 aliphatic rings. The van der Waals surface area contributed by atoms with Crippen molar-refractivity contribution in [2.45, 2.75) is 34.1 Å². The first-order chi connectivity index (χ1) is 4.63. The molecule has 0 aliphatic heterocycles. The molecule has 0 radical (unpaired) electrons. The molecule has 0 unspecified atom stereocenters. The molecule has 0 aliphatic carbocycles. The van der Waals surface area contributed by atoms with Crippen LogP contribution in [0.25, 0.3) is 0 Å². The third-order valence-electron chi connectivity index (χ3n) is 1.74. The molecule has 0 saturated carbocycles. The Morgan fingerprint density at radius 2 is 1.90 bits per heavy atom. The summed E-state index contributed by atoms with van der Waals surface area (Å²) in [6.07, 6.45) is 3.01. The lowest BCUT2D eigenvalue weighted by atomic mass is 10.1. The Labute approximate surface area is 68.6 Å². The molecule has 0 amide bonds. The maximum atomic E-state index is 5.93. The van der Waals surface area contributed by atoms with Crippen molar-refractivity contribution in [3.8, 4) is 0 Å². The molecule has 1 heteroatoms. The van der Waals surface area contributed by atoms with Crippen LogP contribution in [0.4, 0.5) is 0 Å². The van der Waals surface area contributed by atoms with Crippen LogP contribution in [0.15, 0.2) is 22.3 Å². The Kier molecular flexibility index (Phi) is 4.46. The van der Waals surface area contributed by atoms with Crippen LogP contribution in [-0.2, 0) is 0 Å². The molecule has 0 spiro atoms. The summed E-state index contributed by atoms with van der Waals surface area (Å²) in [6, 6.07) is 0. The second-order valence-electron chi connectivity index (χ2n) is 2.36. The number of halogens is 1. The van der Waals surface area contributed by atoms with Gasteiger partial charge in [0.15, 0.2) is 0 Å². The van der Waals surface area contributed by atoms with Crippen molar-refractivity contribution in [3.05, 3.63) is 22.3 Å². The molecule has 58 valence electrons. The molecule has 0 nitrogen and oxygen atoms in total. The predicted molar refractivity (Wildman–Crippen MR) is 48.3 cm³/mol. The van der Waals surface area contributed by atoms with Crippen LogP contribution in [0.3, 0.4) is 0 Å². The minimum atomic E-state index is 0.929. The van der Waals surface area contributed by atoms with Crippen molar-refractivity contribution in [3.63, 3.8) is 0 Å². The van der Waals surface area contributed by atoms with Gasteiger partial charge in [-0.1, -0.05) is 30.2 Å². The fraction of sp³-hybridized carbons (Fsp3) is 0.556. The fourth-order valence-corrected chi connectivity index (χ4v) is 0.845. The topological polar surface area (TPSA) is 0 Å². The summed E-state index contributed by atoms with van der Waals surface area (Å²) in [4.78, 5) is 0. The standard InChI is InChI=1S/C9H15Cl/c1-5-7(3)8(4)9(10)6-2/h5H,6H2,1-4H3/b7-5?,9-8+. The van der Waals surface area contributed by atoms with E-state index in [1.165, 1.54) is 11.1 Å². The molecule has 0 rings (SSSR count). The van der Waals surface area contributed by atoms with Crippen LogP contribution < -0.4 is 0 Å². The molecule has 0 aromatic carbocycles. The van der Waals surface area contributed by atoms with Gasteiger partial charge in [-0.2, -0.15) is 0 Å². The Balaban J connectivity index is 4.46. The summed E-state index contributed by atoms with van der Waals surface area (Å²) in [7, 11) is 0. The second kappa shape index (κ2) is 4.56. The van der Waals surface area contributed by atoms with E-state index < -0.39 is 0 Å². The number of rotatable bonds is 2. The maximum Gasteiger partial charge on any atom is 0.0209 e. The first-order valence-corrected chi connectivity index (χ1v) is 3.99. The Morgan fingerprint density at radius 1 is 1.40 bits per heavy atom. The lowest BCUT2D eigenvalue weighted by molar-refractivity contribution is 1.14. The number of hydrogen-bond acceptors (Lipinski definition) is 0. The average Bonchev–Trinajstić information content (AvgIpc) is 2.00. The van der Waals surface area contributed by atoms with Crippen molar-refractivity contribution >= 4 is 11.6 Å². The third kappa shape index (κ3) is 2.57. The zero-order chi connectivity index (χ0) is 8.15. The summed E-state index contributed by atoms with van der Waals surface area (Å²) in [5, 5.41) is 0.968. The number of hydrogen-bond donors (Lipinski definition) is 0. The predicted octanol–water partition coefficient (Wildman–Crippen LogP) is 3.88. The normalized spacial score (nSPS) is 15.1. The van der Waals surface area contributed by atoms with Gasteiger partial charge in [0.1, 0.15) is 0 Å². The Morgan fingerprint density at radius 3 is 2.20 bits per heavy atom. The van der Waals surface area contributed by atoms with Gasteiger partial charge in [-0.25, -0.2) is 0 Å². The highest BCUT2D eigenvalue weighted by atomic mass is 35.5. The highest BCUT2D eigenvalue weighted by molar-refractivity contribution is 6.30. The van der Waals surface area contributed by atoms with E-state index in [4.69, 9.17) is 11.6 Å². The second-order valence-corrected chi connectivity index (χ2v) is 2.81. The van der Waals surface area contributed by atoms with E-state index in [9.17, 15) is 0 Å². The van der Waals surface area contributed by atoms with Crippen molar-refractivity contribution in [2.75, 3.05) is 0 Å². The van der Waals surface area contributed by atoms with Crippen molar-refractivity contribution < 1.29 is 0 Å². The van der Waals surface area contributed by atoms with Crippen LogP contribution in [0.1, 0.15) is 34.1 Å². The molecule has 0 aromatic rings. The number of allylic oxidation sites excluding steroid dienone is 4. The summed E-state index contributed by atoms with van der Waals surface area (Å²) >= 11 is 5.93. The van der Waals surface area contributed by atoms with E-state index in [0.717, 1.165) is 11.5 Å². The van der Waals surface area contributed by atoms with Gasteiger partial charge in [0.2, 0.25) is 0 Å². The maximum absolute atomic E-state index is 5.93. The van der Waals surface area contributed by atoms with Gasteiger partial charge >= 0.3 is 0 Å².